The molecule has 0 aromatic heterocycles. The summed E-state index contributed by atoms with van der Waals surface area (Å²) in [6.07, 6.45) is 0. The van der Waals surface area contributed by atoms with Crippen molar-refractivity contribution in [2.24, 2.45) is 0 Å². The Kier molecular flexibility index (Phi) is 15.6. The maximum atomic E-state index is 11.9. The van der Waals surface area contributed by atoms with Crippen LogP contribution in [0.4, 0.5) is 0 Å². The van der Waals surface area contributed by atoms with E-state index in [1.807, 2.05) is 81.4 Å². The first kappa shape index (κ1) is 31.4. The van der Waals surface area contributed by atoms with Crippen LogP contribution >= 0.6 is 0 Å². The van der Waals surface area contributed by atoms with E-state index in [-0.39, 0.29) is 23.1 Å². The second-order valence-corrected chi connectivity index (χ2v) is 8.15. The molecule has 2 aromatic carbocycles. The molecule has 0 N–H and O–H groups in total. The number of hydrogen-bond donors (Lipinski definition) is 0. The fourth-order valence-corrected chi connectivity index (χ4v) is 2.13. The van der Waals surface area contributed by atoms with Crippen molar-refractivity contribution in [1.29, 1.82) is 0 Å². The van der Waals surface area contributed by atoms with Gasteiger partial charge in [-0.1, -0.05) is 52.0 Å². The van der Waals surface area contributed by atoms with E-state index in [1.54, 1.807) is 42.5 Å². The summed E-state index contributed by atoms with van der Waals surface area (Å²) in [5, 5.41) is 0. The molecule has 2 rings (SSSR count). The normalized spacial score (nSPS) is 9.97. The van der Waals surface area contributed by atoms with Crippen LogP contribution in [0.25, 0.3) is 0 Å². The van der Waals surface area contributed by atoms with Crippen molar-refractivity contribution >= 4 is 11.9 Å². The number of hydrogen-bond acceptors (Lipinski definition) is 5. The lowest BCUT2D eigenvalue weighted by Crippen LogP contribution is -2.22. The molecule has 0 radical (unpaired) electrons. The molecule has 0 aliphatic carbocycles. The summed E-state index contributed by atoms with van der Waals surface area (Å²) in [5.41, 5.74) is -0.0943. The SMILES string of the molecule is CC.CC.CC(=O)OC(C)(C)C.CC(C)(C)Oc1cccc(OC(=O)c2ccccc2)c1. The van der Waals surface area contributed by atoms with E-state index >= 15 is 0 Å². The molecule has 32 heavy (non-hydrogen) atoms. The fraction of sp³-hybridized carbons (Fsp3) is 0.481. The van der Waals surface area contributed by atoms with Crippen molar-refractivity contribution in [1.82, 2.24) is 0 Å². The number of rotatable bonds is 3. The third-order valence-corrected chi connectivity index (χ3v) is 2.90. The van der Waals surface area contributed by atoms with Gasteiger partial charge in [-0.15, -0.1) is 0 Å². The standard InChI is InChI=1S/C17H18O3.C6H12O2.2C2H6/c1-17(2,3)20-15-11-7-10-14(12-15)19-16(18)13-8-5-4-6-9-13;1-5(7)8-6(2,3)4;2*1-2/h4-12H,1-3H3;1-4H3;2*1-2H3. The molecule has 0 atom stereocenters. The molecule has 0 unspecified atom stereocenters. The van der Waals surface area contributed by atoms with Gasteiger partial charge in [0.2, 0.25) is 0 Å². The molecule has 5 heteroatoms. The van der Waals surface area contributed by atoms with Gasteiger partial charge in [-0.2, -0.15) is 0 Å². The van der Waals surface area contributed by atoms with Crippen LogP contribution in [0.5, 0.6) is 11.5 Å². The van der Waals surface area contributed by atoms with Gasteiger partial charge in [0.25, 0.3) is 0 Å². The van der Waals surface area contributed by atoms with Gasteiger partial charge in [0.15, 0.2) is 0 Å². The molecule has 0 heterocycles. The average molecular weight is 447 g/mol. The average Bonchev–Trinajstić information content (AvgIpc) is 2.69. The van der Waals surface area contributed by atoms with Crippen molar-refractivity contribution in [3.05, 3.63) is 60.2 Å². The molecule has 0 amide bonds. The molecule has 0 aliphatic heterocycles. The minimum Gasteiger partial charge on any atom is -0.488 e. The number of carbonyl (C=O) groups excluding carboxylic acids is 2. The van der Waals surface area contributed by atoms with Crippen LogP contribution in [0.2, 0.25) is 0 Å². The van der Waals surface area contributed by atoms with Gasteiger partial charge < -0.3 is 14.2 Å². The molecule has 0 saturated heterocycles. The van der Waals surface area contributed by atoms with Gasteiger partial charge >= 0.3 is 11.9 Å². The second kappa shape index (κ2) is 15.9. The molecular weight excluding hydrogens is 404 g/mol. The number of esters is 2. The lowest BCUT2D eigenvalue weighted by atomic mass is 10.2. The third kappa shape index (κ3) is 16.9. The van der Waals surface area contributed by atoms with E-state index in [0.29, 0.717) is 17.1 Å². The Morgan fingerprint density at radius 3 is 1.59 bits per heavy atom. The van der Waals surface area contributed by atoms with Crippen LogP contribution < -0.4 is 9.47 Å². The summed E-state index contributed by atoms with van der Waals surface area (Å²) in [7, 11) is 0. The zero-order chi connectivity index (χ0) is 25.4. The van der Waals surface area contributed by atoms with E-state index in [1.165, 1.54) is 6.92 Å². The van der Waals surface area contributed by atoms with E-state index < -0.39 is 0 Å². The Hall–Kier alpha value is -2.82. The Balaban J connectivity index is 0. The van der Waals surface area contributed by atoms with Gasteiger partial charge in [-0.25, -0.2) is 4.79 Å². The van der Waals surface area contributed by atoms with Crippen LogP contribution in [0.1, 0.15) is 86.5 Å². The molecule has 2 aromatic rings. The smallest absolute Gasteiger partial charge is 0.343 e. The Labute approximate surface area is 195 Å². The lowest BCUT2D eigenvalue weighted by Gasteiger charge is -2.21. The first-order valence-corrected chi connectivity index (χ1v) is 11.1. The van der Waals surface area contributed by atoms with Gasteiger partial charge in [0.1, 0.15) is 22.7 Å². The highest BCUT2D eigenvalue weighted by atomic mass is 16.6. The topological polar surface area (TPSA) is 61.8 Å². The monoisotopic (exact) mass is 446 g/mol. The van der Waals surface area contributed by atoms with Crippen molar-refractivity contribution < 1.29 is 23.8 Å². The van der Waals surface area contributed by atoms with Crippen molar-refractivity contribution in [2.75, 3.05) is 0 Å². The van der Waals surface area contributed by atoms with E-state index in [4.69, 9.17) is 14.2 Å². The van der Waals surface area contributed by atoms with Crippen molar-refractivity contribution in [3.8, 4) is 11.5 Å². The second-order valence-electron chi connectivity index (χ2n) is 8.15. The highest BCUT2D eigenvalue weighted by Gasteiger charge is 2.13. The van der Waals surface area contributed by atoms with E-state index in [9.17, 15) is 9.59 Å². The Morgan fingerprint density at radius 2 is 1.19 bits per heavy atom. The van der Waals surface area contributed by atoms with Crippen LogP contribution in [0.3, 0.4) is 0 Å². The largest absolute Gasteiger partial charge is 0.488 e. The quantitative estimate of drug-likeness (QED) is 0.361. The summed E-state index contributed by atoms with van der Waals surface area (Å²) >= 11 is 0. The van der Waals surface area contributed by atoms with Crippen LogP contribution in [-0.4, -0.2) is 23.1 Å². The summed E-state index contributed by atoms with van der Waals surface area (Å²) in [4.78, 5) is 22.2. The Bertz CT molecular complexity index is 769. The summed E-state index contributed by atoms with van der Waals surface area (Å²) in [5.74, 6) is 0.549. The first-order valence-electron chi connectivity index (χ1n) is 11.1. The highest BCUT2D eigenvalue weighted by Crippen LogP contribution is 2.23. The van der Waals surface area contributed by atoms with E-state index in [2.05, 4.69) is 0 Å². The molecule has 0 fully saturated rings. The minimum atomic E-state index is -0.376. The summed E-state index contributed by atoms with van der Waals surface area (Å²) < 4.78 is 15.9. The zero-order valence-electron chi connectivity index (χ0n) is 21.7. The minimum absolute atomic E-state index is 0.225. The summed E-state index contributed by atoms with van der Waals surface area (Å²) in [6, 6.07) is 16.0. The molecule has 0 bridgehead atoms. The van der Waals surface area contributed by atoms with Gasteiger partial charge in [-0.05, 0) is 65.8 Å². The molecule has 0 spiro atoms. The number of carbonyl (C=O) groups is 2. The molecule has 0 saturated carbocycles. The number of benzene rings is 2. The molecule has 180 valence electrons. The fourth-order valence-electron chi connectivity index (χ4n) is 2.13. The zero-order valence-corrected chi connectivity index (χ0v) is 21.7. The van der Waals surface area contributed by atoms with Gasteiger partial charge in [0.05, 0.1) is 5.56 Å². The van der Waals surface area contributed by atoms with Crippen molar-refractivity contribution in [2.45, 2.75) is 87.4 Å². The van der Waals surface area contributed by atoms with Gasteiger partial charge in [-0.3, -0.25) is 4.79 Å². The third-order valence-electron chi connectivity index (χ3n) is 2.90. The lowest BCUT2D eigenvalue weighted by molar-refractivity contribution is -0.151. The molecular formula is C27H42O5. The summed E-state index contributed by atoms with van der Waals surface area (Å²) in [6.45, 7) is 20.8. The maximum absolute atomic E-state index is 11.9. The first-order chi connectivity index (χ1) is 14.9. The van der Waals surface area contributed by atoms with Crippen LogP contribution in [0, 0.1) is 0 Å². The van der Waals surface area contributed by atoms with Crippen LogP contribution in [0.15, 0.2) is 54.6 Å². The molecule has 5 nitrogen and oxygen atoms in total. The van der Waals surface area contributed by atoms with Crippen LogP contribution in [-0.2, 0) is 9.53 Å². The maximum Gasteiger partial charge on any atom is 0.343 e. The predicted octanol–water partition coefficient (Wildman–Crippen LogP) is 7.48. The molecule has 0 aliphatic rings. The number of ether oxygens (including phenoxy) is 3. The van der Waals surface area contributed by atoms with Crippen molar-refractivity contribution in [3.63, 3.8) is 0 Å². The predicted molar refractivity (Wildman–Crippen MR) is 132 cm³/mol. The van der Waals surface area contributed by atoms with E-state index in [0.717, 1.165) is 0 Å². The van der Waals surface area contributed by atoms with Gasteiger partial charge in [0, 0.05) is 13.0 Å². The highest BCUT2D eigenvalue weighted by molar-refractivity contribution is 5.90. The Morgan fingerprint density at radius 1 is 0.688 bits per heavy atom.